The monoisotopic (exact) mass is 192 g/mol. The van der Waals surface area contributed by atoms with Crippen LogP contribution in [0, 0.1) is 0 Å². The zero-order valence-corrected chi connectivity index (χ0v) is 8.15. The molecule has 0 saturated heterocycles. The molecule has 0 aromatic heterocycles. The molecule has 1 aromatic carbocycles. The summed E-state index contributed by atoms with van der Waals surface area (Å²) in [5.41, 5.74) is 3.02. The summed E-state index contributed by atoms with van der Waals surface area (Å²) in [6, 6.07) is 8.82. The molecule has 74 valence electrons. The Morgan fingerprint density at radius 3 is 2.50 bits per heavy atom. The molecular weight excluding hydrogens is 180 g/mol. The first-order chi connectivity index (χ1) is 6.68. The predicted octanol–water partition coefficient (Wildman–Crippen LogP) is 2.17. The highest BCUT2D eigenvalue weighted by atomic mass is 16.6. The first-order valence-electron chi connectivity index (χ1n) is 4.22. The zero-order chi connectivity index (χ0) is 10.4. The molecular formula is C10H12N2O2. The van der Waals surface area contributed by atoms with Crippen LogP contribution in [-0.4, -0.2) is 11.8 Å². The van der Waals surface area contributed by atoms with E-state index in [0.717, 1.165) is 5.71 Å². The van der Waals surface area contributed by atoms with E-state index in [2.05, 4.69) is 10.5 Å². The number of nitrogens with zero attached hydrogens (tertiary/aromatic N) is 1. The second-order valence-electron chi connectivity index (χ2n) is 2.87. The molecule has 0 aliphatic carbocycles. The van der Waals surface area contributed by atoms with Crippen molar-refractivity contribution in [2.75, 3.05) is 0 Å². The molecule has 4 heteroatoms. The number of ether oxygens (including phenoxy) is 1. The van der Waals surface area contributed by atoms with Gasteiger partial charge in [-0.3, -0.25) is 0 Å². The quantitative estimate of drug-likeness (QED) is 0.576. The van der Waals surface area contributed by atoms with Crippen LogP contribution in [0.15, 0.2) is 35.4 Å². The number of para-hydroxylation sites is 1. The molecule has 0 spiro atoms. The van der Waals surface area contributed by atoms with Crippen molar-refractivity contribution in [1.82, 2.24) is 5.43 Å². The molecule has 0 aliphatic heterocycles. The Hall–Kier alpha value is -1.84. The van der Waals surface area contributed by atoms with Gasteiger partial charge in [0.2, 0.25) is 0 Å². The third-order valence-corrected chi connectivity index (χ3v) is 1.32. The second kappa shape index (κ2) is 5.01. The highest BCUT2D eigenvalue weighted by Gasteiger charge is 2.00. The van der Waals surface area contributed by atoms with Crippen LogP contribution in [0.3, 0.4) is 0 Å². The molecule has 0 bridgehead atoms. The fourth-order valence-electron chi connectivity index (χ4n) is 0.776. The molecule has 0 fully saturated rings. The van der Waals surface area contributed by atoms with Crippen LogP contribution >= 0.6 is 0 Å². The van der Waals surface area contributed by atoms with E-state index in [-0.39, 0.29) is 0 Å². The average Bonchev–Trinajstić information content (AvgIpc) is 2.16. The minimum atomic E-state index is -0.586. The molecule has 1 amide bonds. The van der Waals surface area contributed by atoms with E-state index in [1.54, 1.807) is 38.1 Å². The van der Waals surface area contributed by atoms with Crippen molar-refractivity contribution in [2.24, 2.45) is 5.10 Å². The first kappa shape index (κ1) is 10.2. The Balaban J connectivity index is 2.46. The summed E-state index contributed by atoms with van der Waals surface area (Å²) >= 11 is 0. The molecule has 1 aromatic rings. The fourth-order valence-corrected chi connectivity index (χ4v) is 0.776. The van der Waals surface area contributed by atoms with Gasteiger partial charge in [-0.1, -0.05) is 18.2 Å². The molecule has 0 heterocycles. The zero-order valence-electron chi connectivity index (χ0n) is 8.15. The molecule has 1 N–H and O–H groups in total. The predicted molar refractivity (Wildman–Crippen MR) is 54.4 cm³/mol. The number of hydrogen-bond acceptors (Lipinski definition) is 3. The van der Waals surface area contributed by atoms with Crippen molar-refractivity contribution in [2.45, 2.75) is 13.8 Å². The molecule has 0 radical (unpaired) electrons. The smallest absolute Gasteiger partial charge is 0.409 e. The van der Waals surface area contributed by atoms with Gasteiger partial charge in [-0.25, -0.2) is 10.2 Å². The van der Waals surface area contributed by atoms with Crippen LogP contribution in [0.1, 0.15) is 13.8 Å². The summed E-state index contributed by atoms with van der Waals surface area (Å²) in [5.74, 6) is 0.494. The average molecular weight is 192 g/mol. The van der Waals surface area contributed by atoms with Gasteiger partial charge in [0, 0.05) is 5.71 Å². The van der Waals surface area contributed by atoms with Gasteiger partial charge >= 0.3 is 6.09 Å². The third-order valence-electron chi connectivity index (χ3n) is 1.32. The summed E-state index contributed by atoms with van der Waals surface area (Å²) in [7, 11) is 0. The van der Waals surface area contributed by atoms with Crippen LogP contribution < -0.4 is 10.2 Å². The van der Waals surface area contributed by atoms with Crippen molar-refractivity contribution < 1.29 is 9.53 Å². The Labute approximate surface area is 82.6 Å². The molecule has 0 saturated carbocycles. The number of carbonyl (C=O) groups is 1. The van der Waals surface area contributed by atoms with Crippen LogP contribution in [0.25, 0.3) is 0 Å². The molecule has 4 nitrogen and oxygen atoms in total. The van der Waals surface area contributed by atoms with Crippen LogP contribution in [0.2, 0.25) is 0 Å². The number of benzene rings is 1. The third kappa shape index (κ3) is 3.71. The maximum absolute atomic E-state index is 11.1. The topological polar surface area (TPSA) is 50.7 Å². The van der Waals surface area contributed by atoms with Crippen LogP contribution in [0.4, 0.5) is 4.79 Å². The van der Waals surface area contributed by atoms with Gasteiger partial charge in [-0.2, -0.15) is 5.10 Å². The largest absolute Gasteiger partial charge is 0.433 e. The maximum Gasteiger partial charge on any atom is 0.433 e. The van der Waals surface area contributed by atoms with Gasteiger partial charge in [0.1, 0.15) is 5.75 Å². The highest BCUT2D eigenvalue weighted by Crippen LogP contribution is 2.07. The molecule has 0 aliphatic rings. The van der Waals surface area contributed by atoms with Gasteiger partial charge < -0.3 is 4.74 Å². The molecule has 0 atom stereocenters. The van der Waals surface area contributed by atoms with E-state index in [0.29, 0.717) is 5.75 Å². The van der Waals surface area contributed by atoms with E-state index in [1.807, 2.05) is 6.07 Å². The minimum absolute atomic E-state index is 0.494. The lowest BCUT2D eigenvalue weighted by Gasteiger charge is -2.02. The van der Waals surface area contributed by atoms with Crippen LogP contribution in [-0.2, 0) is 0 Å². The summed E-state index contributed by atoms with van der Waals surface area (Å²) in [6.45, 7) is 3.56. The number of rotatable bonds is 2. The Bertz CT molecular complexity index is 329. The van der Waals surface area contributed by atoms with Crippen molar-refractivity contribution in [3.05, 3.63) is 30.3 Å². The minimum Gasteiger partial charge on any atom is -0.409 e. The number of hydrogen-bond donors (Lipinski definition) is 1. The number of nitrogens with one attached hydrogen (secondary N) is 1. The Morgan fingerprint density at radius 1 is 1.29 bits per heavy atom. The lowest BCUT2D eigenvalue weighted by atomic mass is 10.3. The summed E-state index contributed by atoms with van der Waals surface area (Å²) in [6.07, 6.45) is -0.586. The van der Waals surface area contributed by atoms with Gasteiger partial charge in [-0.05, 0) is 26.0 Å². The van der Waals surface area contributed by atoms with Gasteiger partial charge in [0.25, 0.3) is 0 Å². The van der Waals surface area contributed by atoms with E-state index in [1.165, 1.54) is 0 Å². The highest BCUT2D eigenvalue weighted by molar-refractivity contribution is 5.81. The fraction of sp³-hybridized carbons (Fsp3) is 0.200. The van der Waals surface area contributed by atoms with Crippen molar-refractivity contribution in [3.8, 4) is 5.75 Å². The number of hydrazone groups is 1. The summed E-state index contributed by atoms with van der Waals surface area (Å²) in [4.78, 5) is 11.1. The lowest BCUT2D eigenvalue weighted by molar-refractivity contribution is 0.201. The number of carbonyl (C=O) groups excluding carboxylic acids is 1. The Kier molecular flexibility index (Phi) is 3.67. The van der Waals surface area contributed by atoms with E-state index in [9.17, 15) is 4.79 Å². The molecule has 1 rings (SSSR count). The first-order valence-corrected chi connectivity index (χ1v) is 4.22. The summed E-state index contributed by atoms with van der Waals surface area (Å²) < 4.78 is 4.91. The SMILES string of the molecule is CC(C)=NNC(=O)Oc1ccccc1. The Morgan fingerprint density at radius 2 is 1.93 bits per heavy atom. The normalized spacial score (nSPS) is 9.00. The van der Waals surface area contributed by atoms with Gasteiger partial charge in [0.05, 0.1) is 0 Å². The van der Waals surface area contributed by atoms with Crippen molar-refractivity contribution in [3.63, 3.8) is 0 Å². The van der Waals surface area contributed by atoms with E-state index >= 15 is 0 Å². The van der Waals surface area contributed by atoms with E-state index in [4.69, 9.17) is 4.74 Å². The second-order valence-corrected chi connectivity index (χ2v) is 2.87. The summed E-state index contributed by atoms with van der Waals surface area (Å²) in [5, 5.41) is 3.71. The standard InChI is InChI=1S/C10H12N2O2/c1-8(2)11-12-10(13)14-9-6-4-3-5-7-9/h3-7H,1-2H3,(H,12,13). The van der Waals surface area contributed by atoms with Crippen LogP contribution in [0.5, 0.6) is 5.75 Å². The van der Waals surface area contributed by atoms with Gasteiger partial charge in [0.15, 0.2) is 0 Å². The van der Waals surface area contributed by atoms with E-state index < -0.39 is 6.09 Å². The molecule has 14 heavy (non-hydrogen) atoms. The van der Waals surface area contributed by atoms with Crippen molar-refractivity contribution >= 4 is 11.8 Å². The van der Waals surface area contributed by atoms with Gasteiger partial charge in [-0.15, -0.1) is 0 Å². The maximum atomic E-state index is 11.1. The molecule has 0 unspecified atom stereocenters. The lowest BCUT2D eigenvalue weighted by Crippen LogP contribution is -2.22. The number of amides is 1. The van der Waals surface area contributed by atoms with Crippen molar-refractivity contribution in [1.29, 1.82) is 0 Å².